The molecule has 0 spiro atoms. The molecule has 0 radical (unpaired) electrons. The molecule has 0 aliphatic heterocycles. The summed E-state index contributed by atoms with van der Waals surface area (Å²) in [5, 5.41) is 22.1. The first-order valence-electron chi connectivity index (χ1n) is 9.56. The molecule has 158 valence electrons. The Morgan fingerprint density at radius 3 is 2.71 bits per heavy atom. The monoisotopic (exact) mass is 437 g/mol. The van der Waals surface area contributed by atoms with E-state index >= 15 is 0 Å². The lowest BCUT2D eigenvalue weighted by molar-refractivity contribution is 0.550. The Labute approximate surface area is 183 Å². The molecule has 11 heteroatoms. The zero-order valence-corrected chi connectivity index (χ0v) is 17.5. The van der Waals surface area contributed by atoms with Crippen molar-refractivity contribution < 1.29 is 0 Å². The Balaban J connectivity index is 2.17. The third-order valence-electron chi connectivity index (χ3n) is 4.73. The molecule has 1 aromatic carbocycles. The summed E-state index contributed by atoms with van der Waals surface area (Å²) < 4.78 is 1.51. The van der Waals surface area contributed by atoms with Gasteiger partial charge in [0.25, 0.3) is 5.56 Å². The van der Waals surface area contributed by atoms with Crippen LogP contribution in [0.4, 0.5) is 17.6 Å². The van der Waals surface area contributed by atoms with Gasteiger partial charge in [-0.1, -0.05) is 24.6 Å². The van der Waals surface area contributed by atoms with Crippen molar-refractivity contribution in [3.8, 4) is 12.1 Å². The first-order chi connectivity index (χ1) is 14.9. The molecule has 0 fully saturated rings. The molecule has 10 nitrogen and oxygen atoms in total. The molecule has 31 heavy (non-hydrogen) atoms. The van der Waals surface area contributed by atoms with Crippen LogP contribution in [0.5, 0.6) is 0 Å². The number of aromatic nitrogens is 4. The molecule has 5 N–H and O–H groups in total. The number of nitrogen functional groups attached to an aromatic ring is 2. The molecule has 0 aliphatic carbocycles. The zero-order chi connectivity index (χ0) is 22.5. The molecule has 2 aromatic heterocycles. The van der Waals surface area contributed by atoms with Gasteiger partial charge in [0.1, 0.15) is 23.3 Å². The van der Waals surface area contributed by atoms with E-state index in [4.69, 9.17) is 28.3 Å². The Morgan fingerprint density at radius 2 is 2.03 bits per heavy atom. The zero-order valence-electron chi connectivity index (χ0n) is 16.8. The van der Waals surface area contributed by atoms with Crippen molar-refractivity contribution in [3.63, 3.8) is 0 Å². The highest BCUT2D eigenvalue weighted by Gasteiger charge is 2.22. The average Bonchev–Trinajstić information content (AvgIpc) is 2.73. The summed E-state index contributed by atoms with van der Waals surface area (Å²) in [4.78, 5) is 25.9. The smallest absolute Gasteiger partial charge is 0.262 e. The highest BCUT2D eigenvalue weighted by Crippen LogP contribution is 2.27. The van der Waals surface area contributed by atoms with Crippen molar-refractivity contribution in [2.45, 2.75) is 38.8 Å². The molecular weight excluding hydrogens is 418 g/mol. The standard InChI is InChI=1S/C20H20ClN9O/c1-2-13(26-17-11(10-23)16(24)28-20(25)29-17)18-27-14-7-5-6-12(21)15(14)19(31)30(18)9-4-3-8-22/h5-7,13H,2-4,9H2,1H3,(H5,24,25,26,28,29). The van der Waals surface area contributed by atoms with Crippen LogP contribution in [0, 0.1) is 22.7 Å². The number of nitrogens with zero attached hydrogens (tertiary/aromatic N) is 6. The molecule has 0 aliphatic rings. The average molecular weight is 438 g/mol. The third-order valence-corrected chi connectivity index (χ3v) is 5.04. The van der Waals surface area contributed by atoms with Gasteiger partial charge in [0.15, 0.2) is 5.82 Å². The Bertz CT molecular complexity index is 1270. The highest BCUT2D eigenvalue weighted by molar-refractivity contribution is 6.35. The van der Waals surface area contributed by atoms with E-state index in [1.165, 1.54) is 4.57 Å². The Kier molecular flexibility index (Phi) is 6.53. The van der Waals surface area contributed by atoms with E-state index in [2.05, 4.69) is 26.3 Å². The summed E-state index contributed by atoms with van der Waals surface area (Å²) >= 11 is 6.26. The summed E-state index contributed by atoms with van der Waals surface area (Å²) in [6.07, 6.45) is 1.26. The number of nitrogens with one attached hydrogen (secondary N) is 1. The normalized spacial score (nSPS) is 11.6. The first kappa shape index (κ1) is 21.8. The van der Waals surface area contributed by atoms with Gasteiger partial charge in [0.05, 0.1) is 28.0 Å². The van der Waals surface area contributed by atoms with E-state index in [9.17, 15) is 10.1 Å². The van der Waals surface area contributed by atoms with Gasteiger partial charge in [-0.3, -0.25) is 9.36 Å². The van der Waals surface area contributed by atoms with Crippen LogP contribution < -0.4 is 22.3 Å². The molecule has 0 saturated carbocycles. The van der Waals surface area contributed by atoms with Crippen LogP contribution in [0.15, 0.2) is 23.0 Å². The fraction of sp³-hybridized carbons (Fsp3) is 0.300. The van der Waals surface area contributed by atoms with Crippen LogP contribution in [-0.4, -0.2) is 19.5 Å². The lowest BCUT2D eigenvalue weighted by atomic mass is 10.1. The number of benzene rings is 1. The van der Waals surface area contributed by atoms with E-state index in [1.807, 2.05) is 13.0 Å². The topological polar surface area (TPSA) is 172 Å². The van der Waals surface area contributed by atoms with Gasteiger partial charge in [0.2, 0.25) is 5.95 Å². The molecular formula is C20H20ClN9O. The maximum Gasteiger partial charge on any atom is 0.262 e. The van der Waals surface area contributed by atoms with Crippen LogP contribution in [-0.2, 0) is 6.54 Å². The van der Waals surface area contributed by atoms with Crippen LogP contribution in [0.2, 0.25) is 5.02 Å². The predicted molar refractivity (Wildman–Crippen MR) is 118 cm³/mol. The van der Waals surface area contributed by atoms with Crippen LogP contribution in [0.3, 0.4) is 0 Å². The summed E-state index contributed by atoms with van der Waals surface area (Å²) in [7, 11) is 0. The molecule has 0 bridgehead atoms. The molecule has 3 aromatic rings. The van der Waals surface area contributed by atoms with E-state index in [-0.39, 0.29) is 41.7 Å². The van der Waals surface area contributed by atoms with Crippen molar-refractivity contribution in [1.82, 2.24) is 19.5 Å². The minimum atomic E-state index is -0.501. The molecule has 0 saturated heterocycles. The number of unbranched alkanes of at least 4 members (excludes halogenated alkanes) is 1. The van der Waals surface area contributed by atoms with Crippen LogP contribution in [0.25, 0.3) is 10.9 Å². The minimum absolute atomic E-state index is 0.0444. The van der Waals surface area contributed by atoms with E-state index in [0.717, 1.165) is 0 Å². The molecule has 3 rings (SSSR count). The Morgan fingerprint density at radius 1 is 1.26 bits per heavy atom. The number of fused-ring (bicyclic) bond motifs is 1. The van der Waals surface area contributed by atoms with Gasteiger partial charge >= 0.3 is 0 Å². The number of halogens is 1. The van der Waals surface area contributed by atoms with E-state index in [1.54, 1.807) is 18.2 Å². The second-order valence-corrected chi connectivity index (χ2v) is 7.14. The molecule has 2 heterocycles. The summed E-state index contributed by atoms with van der Waals surface area (Å²) in [6, 6.07) is 8.60. The maximum absolute atomic E-state index is 13.3. The quantitative estimate of drug-likeness (QED) is 0.469. The number of nitrogens with two attached hydrogens (primary N) is 2. The lowest BCUT2D eigenvalue weighted by Gasteiger charge is -2.22. The van der Waals surface area contributed by atoms with Gasteiger partial charge in [-0.25, -0.2) is 4.98 Å². The SMILES string of the molecule is CCC(Nc1nc(N)nc(N)c1C#N)c1nc2cccc(Cl)c2c(=O)n1CCCC#N. The second kappa shape index (κ2) is 9.28. The van der Waals surface area contributed by atoms with Crippen molar-refractivity contribution in [1.29, 1.82) is 10.5 Å². The van der Waals surface area contributed by atoms with Crippen LogP contribution >= 0.6 is 11.6 Å². The number of hydrogen-bond acceptors (Lipinski definition) is 9. The highest BCUT2D eigenvalue weighted by atomic mass is 35.5. The van der Waals surface area contributed by atoms with Gasteiger partial charge in [0, 0.05) is 13.0 Å². The predicted octanol–water partition coefficient (Wildman–Crippen LogP) is 2.74. The van der Waals surface area contributed by atoms with Crippen molar-refractivity contribution in [2.24, 2.45) is 0 Å². The number of hydrogen-bond donors (Lipinski definition) is 3. The van der Waals surface area contributed by atoms with Crippen molar-refractivity contribution in [2.75, 3.05) is 16.8 Å². The lowest BCUT2D eigenvalue weighted by Crippen LogP contribution is -2.30. The van der Waals surface area contributed by atoms with Crippen molar-refractivity contribution >= 4 is 40.1 Å². The number of anilines is 3. The summed E-state index contributed by atoms with van der Waals surface area (Å²) in [5.41, 5.74) is 11.7. The van der Waals surface area contributed by atoms with Gasteiger partial charge < -0.3 is 16.8 Å². The van der Waals surface area contributed by atoms with E-state index in [0.29, 0.717) is 34.6 Å². The summed E-state index contributed by atoms with van der Waals surface area (Å²) in [6.45, 7) is 2.18. The number of nitriles is 2. The van der Waals surface area contributed by atoms with E-state index < -0.39 is 6.04 Å². The third kappa shape index (κ3) is 4.34. The fourth-order valence-corrected chi connectivity index (χ4v) is 3.51. The second-order valence-electron chi connectivity index (χ2n) is 6.73. The minimum Gasteiger partial charge on any atom is -0.382 e. The Hall–Kier alpha value is -3.89. The molecule has 1 atom stereocenters. The molecule has 0 amide bonds. The summed E-state index contributed by atoms with van der Waals surface area (Å²) in [5.74, 6) is 0.457. The van der Waals surface area contributed by atoms with Gasteiger partial charge in [-0.2, -0.15) is 20.5 Å². The van der Waals surface area contributed by atoms with Crippen molar-refractivity contribution in [3.05, 3.63) is 45.0 Å². The van der Waals surface area contributed by atoms with Gasteiger partial charge in [-0.05, 0) is 25.0 Å². The largest absolute Gasteiger partial charge is 0.382 e. The first-order valence-corrected chi connectivity index (χ1v) is 9.94. The van der Waals surface area contributed by atoms with Crippen LogP contribution in [0.1, 0.15) is 43.6 Å². The maximum atomic E-state index is 13.3. The molecule has 1 unspecified atom stereocenters. The number of rotatable bonds is 7. The van der Waals surface area contributed by atoms with Gasteiger partial charge in [-0.15, -0.1) is 0 Å². The fourth-order valence-electron chi connectivity index (χ4n) is 3.26.